The number of likely N-dealkylation sites (tertiary alicyclic amines) is 1. The summed E-state index contributed by atoms with van der Waals surface area (Å²) < 4.78 is 0. The minimum absolute atomic E-state index is 0.627. The molecule has 0 saturated carbocycles. The van der Waals surface area contributed by atoms with Crippen LogP contribution in [0.1, 0.15) is 46.0 Å². The summed E-state index contributed by atoms with van der Waals surface area (Å²) in [4.78, 5) is 2.74. The van der Waals surface area contributed by atoms with E-state index in [2.05, 4.69) is 24.1 Å². The molecule has 2 aliphatic heterocycles. The smallest absolute Gasteiger partial charge is 0.00389 e. The largest absolute Gasteiger partial charge is 0.317 e. The van der Waals surface area contributed by atoms with Crippen LogP contribution in [0, 0.1) is 11.3 Å². The van der Waals surface area contributed by atoms with Gasteiger partial charge in [0.25, 0.3) is 0 Å². The zero-order chi connectivity index (χ0) is 11.4. The molecule has 2 nitrogen and oxygen atoms in total. The number of piperidine rings is 2. The van der Waals surface area contributed by atoms with Crippen molar-refractivity contribution in [3.05, 3.63) is 0 Å². The van der Waals surface area contributed by atoms with Gasteiger partial charge in [-0.05, 0) is 63.1 Å². The third-order valence-corrected chi connectivity index (χ3v) is 4.71. The normalized spacial score (nSPS) is 31.5. The molecular formula is C14H28N2. The fourth-order valence-corrected chi connectivity index (χ4v) is 3.49. The van der Waals surface area contributed by atoms with E-state index in [9.17, 15) is 0 Å². The highest BCUT2D eigenvalue weighted by Gasteiger charge is 2.33. The Balaban J connectivity index is 1.89. The molecule has 2 rings (SSSR count). The molecule has 0 aromatic carbocycles. The van der Waals surface area contributed by atoms with Crippen LogP contribution in [-0.4, -0.2) is 37.6 Å². The Morgan fingerprint density at radius 3 is 2.69 bits per heavy atom. The first-order valence-electron chi connectivity index (χ1n) is 7.17. The van der Waals surface area contributed by atoms with E-state index < -0.39 is 0 Å². The lowest BCUT2D eigenvalue weighted by atomic mass is 9.76. The Bertz CT molecular complexity index is 209. The van der Waals surface area contributed by atoms with Crippen molar-refractivity contribution in [2.45, 2.75) is 46.0 Å². The van der Waals surface area contributed by atoms with E-state index in [4.69, 9.17) is 0 Å². The highest BCUT2D eigenvalue weighted by atomic mass is 15.1. The summed E-state index contributed by atoms with van der Waals surface area (Å²) in [6.45, 7) is 11.3. The van der Waals surface area contributed by atoms with Crippen molar-refractivity contribution in [2.75, 3.05) is 32.7 Å². The molecule has 0 radical (unpaired) electrons. The summed E-state index contributed by atoms with van der Waals surface area (Å²) in [5.74, 6) is 0.921. The van der Waals surface area contributed by atoms with Gasteiger partial charge in [-0.3, -0.25) is 0 Å². The monoisotopic (exact) mass is 224 g/mol. The zero-order valence-corrected chi connectivity index (χ0v) is 11.1. The van der Waals surface area contributed by atoms with Crippen LogP contribution < -0.4 is 5.32 Å². The number of nitrogens with zero attached hydrogens (tertiary/aromatic N) is 1. The van der Waals surface area contributed by atoms with E-state index in [0.29, 0.717) is 5.41 Å². The highest BCUT2D eigenvalue weighted by Crippen LogP contribution is 2.34. The summed E-state index contributed by atoms with van der Waals surface area (Å²) in [6.07, 6.45) is 6.98. The average Bonchev–Trinajstić information content (AvgIpc) is 2.30. The third kappa shape index (κ3) is 2.98. The van der Waals surface area contributed by atoms with Crippen LogP contribution in [-0.2, 0) is 0 Å². The predicted octanol–water partition coefficient (Wildman–Crippen LogP) is 2.50. The highest BCUT2D eigenvalue weighted by molar-refractivity contribution is 4.87. The lowest BCUT2D eigenvalue weighted by molar-refractivity contribution is 0.0786. The summed E-state index contributed by atoms with van der Waals surface area (Å²) in [6, 6.07) is 0. The maximum atomic E-state index is 3.50. The predicted molar refractivity (Wildman–Crippen MR) is 69.7 cm³/mol. The number of hydrogen-bond acceptors (Lipinski definition) is 2. The maximum absolute atomic E-state index is 3.50. The first-order valence-corrected chi connectivity index (χ1v) is 7.17. The second kappa shape index (κ2) is 5.50. The van der Waals surface area contributed by atoms with Crippen LogP contribution in [0.5, 0.6) is 0 Å². The van der Waals surface area contributed by atoms with Crippen molar-refractivity contribution in [1.82, 2.24) is 10.2 Å². The second-order valence-corrected chi connectivity index (χ2v) is 6.09. The third-order valence-electron chi connectivity index (χ3n) is 4.71. The molecular weight excluding hydrogens is 196 g/mol. The van der Waals surface area contributed by atoms with E-state index in [0.717, 1.165) is 5.92 Å². The van der Waals surface area contributed by atoms with Gasteiger partial charge in [0.05, 0.1) is 0 Å². The molecule has 0 aromatic rings. The fraction of sp³-hybridized carbons (Fsp3) is 1.00. The van der Waals surface area contributed by atoms with Gasteiger partial charge in [0, 0.05) is 13.1 Å². The minimum atomic E-state index is 0.627. The van der Waals surface area contributed by atoms with Gasteiger partial charge >= 0.3 is 0 Å². The second-order valence-electron chi connectivity index (χ2n) is 6.09. The van der Waals surface area contributed by atoms with Crippen molar-refractivity contribution in [1.29, 1.82) is 0 Å². The van der Waals surface area contributed by atoms with Gasteiger partial charge < -0.3 is 10.2 Å². The maximum Gasteiger partial charge on any atom is 0.00389 e. The van der Waals surface area contributed by atoms with E-state index in [1.54, 1.807) is 0 Å². The van der Waals surface area contributed by atoms with E-state index in [-0.39, 0.29) is 0 Å². The van der Waals surface area contributed by atoms with Crippen molar-refractivity contribution in [2.24, 2.45) is 11.3 Å². The number of rotatable bonds is 3. The lowest BCUT2D eigenvalue weighted by Crippen LogP contribution is -2.47. The molecule has 2 saturated heterocycles. The number of hydrogen-bond donors (Lipinski definition) is 1. The Labute approximate surface area is 101 Å². The standard InChI is InChI=1S/C14H28N2/c1-3-14(6-8-15-9-7-14)12-16-10-4-5-13(2)11-16/h13,15H,3-12H2,1-2H3. The van der Waals surface area contributed by atoms with Gasteiger partial charge in [0.15, 0.2) is 0 Å². The molecule has 1 atom stereocenters. The van der Waals surface area contributed by atoms with Gasteiger partial charge in [0.1, 0.15) is 0 Å². The van der Waals surface area contributed by atoms with Crippen molar-refractivity contribution in [3.63, 3.8) is 0 Å². The Morgan fingerprint density at radius 2 is 2.06 bits per heavy atom. The molecule has 1 unspecified atom stereocenters. The van der Waals surface area contributed by atoms with Gasteiger partial charge in [0.2, 0.25) is 0 Å². The number of nitrogens with one attached hydrogen (secondary N) is 1. The van der Waals surface area contributed by atoms with Crippen molar-refractivity contribution < 1.29 is 0 Å². The first-order chi connectivity index (χ1) is 7.74. The molecule has 2 heterocycles. The van der Waals surface area contributed by atoms with Crippen LogP contribution in [0.2, 0.25) is 0 Å². The van der Waals surface area contributed by atoms with Gasteiger partial charge in [-0.1, -0.05) is 13.8 Å². The Morgan fingerprint density at radius 1 is 1.31 bits per heavy atom. The fourth-order valence-electron chi connectivity index (χ4n) is 3.49. The average molecular weight is 224 g/mol. The molecule has 2 heteroatoms. The molecule has 2 fully saturated rings. The molecule has 94 valence electrons. The summed E-state index contributed by atoms with van der Waals surface area (Å²) in [7, 11) is 0. The van der Waals surface area contributed by atoms with Crippen LogP contribution >= 0.6 is 0 Å². The van der Waals surface area contributed by atoms with E-state index in [1.807, 2.05) is 0 Å². The summed E-state index contributed by atoms with van der Waals surface area (Å²) in [5, 5.41) is 3.50. The first kappa shape index (κ1) is 12.4. The van der Waals surface area contributed by atoms with Crippen molar-refractivity contribution in [3.8, 4) is 0 Å². The van der Waals surface area contributed by atoms with E-state index in [1.165, 1.54) is 64.8 Å². The molecule has 0 bridgehead atoms. The zero-order valence-electron chi connectivity index (χ0n) is 11.1. The van der Waals surface area contributed by atoms with Crippen LogP contribution in [0.25, 0.3) is 0 Å². The Hall–Kier alpha value is -0.0800. The molecule has 0 aromatic heterocycles. The minimum Gasteiger partial charge on any atom is -0.317 e. The van der Waals surface area contributed by atoms with Gasteiger partial charge in [-0.2, -0.15) is 0 Å². The van der Waals surface area contributed by atoms with Gasteiger partial charge in [-0.25, -0.2) is 0 Å². The summed E-state index contributed by atoms with van der Waals surface area (Å²) in [5.41, 5.74) is 0.627. The van der Waals surface area contributed by atoms with Crippen LogP contribution in [0.15, 0.2) is 0 Å². The van der Waals surface area contributed by atoms with Gasteiger partial charge in [-0.15, -0.1) is 0 Å². The molecule has 0 aliphatic carbocycles. The Kier molecular flexibility index (Phi) is 4.26. The van der Waals surface area contributed by atoms with E-state index >= 15 is 0 Å². The topological polar surface area (TPSA) is 15.3 Å². The van der Waals surface area contributed by atoms with Crippen molar-refractivity contribution >= 4 is 0 Å². The quantitative estimate of drug-likeness (QED) is 0.792. The molecule has 16 heavy (non-hydrogen) atoms. The SMILES string of the molecule is CCC1(CN2CCCC(C)C2)CCNCC1. The van der Waals surface area contributed by atoms with Crippen LogP contribution in [0.4, 0.5) is 0 Å². The molecule has 0 amide bonds. The molecule has 1 N–H and O–H groups in total. The summed E-state index contributed by atoms with van der Waals surface area (Å²) >= 11 is 0. The molecule has 2 aliphatic rings. The van der Waals surface area contributed by atoms with Crippen LogP contribution in [0.3, 0.4) is 0 Å². The molecule has 0 spiro atoms. The lowest BCUT2D eigenvalue weighted by Gasteiger charge is -2.43.